The number of rotatable bonds is 7. The Kier molecular flexibility index (Phi) is 11.2. The van der Waals surface area contributed by atoms with Gasteiger partial charge in [-0.15, -0.1) is 0 Å². The molecule has 1 saturated heterocycles. The lowest BCUT2D eigenvalue weighted by Crippen LogP contribution is -2.60. The van der Waals surface area contributed by atoms with Gasteiger partial charge in [0.15, 0.2) is 5.78 Å². The van der Waals surface area contributed by atoms with Crippen LogP contribution in [0.15, 0.2) is 24.3 Å². The van der Waals surface area contributed by atoms with Crippen molar-refractivity contribution in [3.63, 3.8) is 0 Å². The maximum Gasteiger partial charge on any atom is 0.250 e. The summed E-state index contributed by atoms with van der Waals surface area (Å²) in [6, 6.07) is 7.69. The first-order valence-corrected chi connectivity index (χ1v) is 16.2. The Hall–Kier alpha value is -4.02. The van der Waals surface area contributed by atoms with Crippen LogP contribution >= 0.6 is 0 Å². The largest absolute Gasteiger partial charge is 0.352 e. The number of Topliss-reactive ketones (excluding diaryl/α,β-unsaturated/α-hetero) is 1. The Morgan fingerprint density at radius 2 is 1.78 bits per heavy atom. The van der Waals surface area contributed by atoms with Gasteiger partial charge in [0, 0.05) is 51.3 Å². The van der Waals surface area contributed by atoms with Crippen LogP contribution in [0.25, 0.3) is 0 Å². The Bertz CT molecular complexity index is 1430. The van der Waals surface area contributed by atoms with E-state index in [1.165, 1.54) is 6.92 Å². The summed E-state index contributed by atoms with van der Waals surface area (Å²) in [7, 11) is 0. The molecule has 1 unspecified atom stereocenters. The molecule has 45 heavy (non-hydrogen) atoms. The van der Waals surface area contributed by atoms with Crippen molar-refractivity contribution in [2.75, 3.05) is 32.7 Å². The zero-order chi connectivity index (χ0) is 32.7. The van der Waals surface area contributed by atoms with Gasteiger partial charge >= 0.3 is 0 Å². The van der Waals surface area contributed by atoms with E-state index in [0.717, 1.165) is 36.1 Å². The molecular formula is C34H48N6O5. The van der Waals surface area contributed by atoms with Crippen LogP contribution in [0.4, 0.5) is 0 Å². The molecule has 1 aromatic heterocycles. The van der Waals surface area contributed by atoms with Gasteiger partial charge in [0.25, 0.3) is 5.91 Å². The molecule has 11 heteroatoms. The van der Waals surface area contributed by atoms with Crippen molar-refractivity contribution in [2.45, 2.75) is 91.6 Å². The van der Waals surface area contributed by atoms with Gasteiger partial charge in [-0.05, 0) is 69.9 Å². The predicted molar refractivity (Wildman–Crippen MR) is 170 cm³/mol. The van der Waals surface area contributed by atoms with Crippen molar-refractivity contribution in [1.82, 2.24) is 30.2 Å². The van der Waals surface area contributed by atoms with Gasteiger partial charge in [0.1, 0.15) is 5.54 Å². The molecule has 1 spiro atoms. The summed E-state index contributed by atoms with van der Waals surface area (Å²) < 4.78 is 1.69. The van der Waals surface area contributed by atoms with Crippen molar-refractivity contribution >= 4 is 29.4 Å². The number of carbonyl (C=O) groups excluding carboxylic acids is 5. The molecule has 1 fully saturated rings. The highest BCUT2D eigenvalue weighted by molar-refractivity contribution is 5.96. The van der Waals surface area contributed by atoms with E-state index in [1.807, 2.05) is 31.2 Å². The van der Waals surface area contributed by atoms with Crippen molar-refractivity contribution in [2.24, 2.45) is 5.92 Å². The van der Waals surface area contributed by atoms with Crippen molar-refractivity contribution in [1.29, 1.82) is 0 Å². The van der Waals surface area contributed by atoms with E-state index in [-0.39, 0.29) is 61.9 Å². The molecular weight excluding hydrogens is 572 g/mol. The second-order valence-electron chi connectivity index (χ2n) is 12.8. The Balaban J connectivity index is 1.57. The molecule has 1 aliphatic carbocycles. The maximum atomic E-state index is 14.0. The number of aryl methyl sites for hydroxylation is 3. The number of nitrogens with zero attached hydrogens (tertiary/aromatic N) is 4. The van der Waals surface area contributed by atoms with E-state index >= 15 is 0 Å². The van der Waals surface area contributed by atoms with Crippen LogP contribution in [0.2, 0.25) is 0 Å². The first kappa shape index (κ1) is 33.9. The van der Waals surface area contributed by atoms with E-state index in [0.29, 0.717) is 49.7 Å². The smallest absolute Gasteiger partial charge is 0.250 e. The van der Waals surface area contributed by atoms with Crippen molar-refractivity contribution < 1.29 is 24.0 Å². The number of ketones is 1. The molecule has 0 saturated carbocycles. The third-order valence-corrected chi connectivity index (χ3v) is 8.99. The highest BCUT2D eigenvalue weighted by Gasteiger charge is 2.44. The molecule has 1 aliphatic heterocycles. The summed E-state index contributed by atoms with van der Waals surface area (Å²) in [5, 5.41) is 10.6. The number of hydrogen-bond acceptors (Lipinski definition) is 6. The van der Waals surface area contributed by atoms with Gasteiger partial charge in [-0.1, -0.05) is 38.1 Å². The second-order valence-corrected chi connectivity index (χ2v) is 12.8. The summed E-state index contributed by atoms with van der Waals surface area (Å²) in [4.78, 5) is 69.8. The minimum Gasteiger partial charge on any atom is -0.352 e. The normalized spacial score (nSPS) is 20.1. The fourth-order valence-electron chi connectivity index (χ4n) is 6.59. The van der Waals surface area contributed by atoms with Crippen LogP contribution in [0.1, 0.15) is 92.2 Å². The monoisotopic (exact) mass is 620 g/mol. The number of aromatic nitrogens is 2. The first-order chi connectivity index (χ1) is 21.4. The third-order valence-electron chi connectivity index (χ3n) is 8.99. The van der Waals surface area contributed by atoms with Gasteiger partial charge < -0.3 is 20.4 Å². The minimum atomic E-state index is -1.26. The van der Waals surface area contributed by atoms with Gasteiger partial charge in [-0.25, -0.2) is 0 Å². The van der Waals surface area contributed by atoms with Gasteiger partial charge in [0.05, 0.1) is 17.8 Å². The van der Waals surface area contributed by atoms with Crippen molar-refractivity contribution in [3.8, 4) is 0 Å². The molecule has 4 rings (SSSR count). The standard InChI is InChI=1S/C34H48N6O5/c1-23(2)14-19-39-22-29(42)36-34(16-8-11-27-10-6-7-12-28(27)34)33(45)35-17-21-38(18-9-13-30(39)43)31(44)15-20-40-25(4)32(26(5)41)24(3)37-40/h6-7,10,12,23H,8-9,11,13-22H2,1-5H3,(H,35,45)(H,36,42). The molecule has 0 bridgehead atoms. The van der Waals surface area contributed by atoms with Gasteiger partial charge in [-0.2, -0.15) is 5.10 Å². The lowest BCUT2D eigenvalue weighted by molar-refractivity contribution is -0.140. The van der Waals surface area contributed by atoms with E-state index in [1.54, 1.807) is 21.4 Å². The van der Waals surface area contributed by atoms with E-state index in [4.69, 9.17) is 0 Å². The topological polar surface area (TPSA) is 134 Å². The first-order valence-electron chi connectivity index (χ1n) is 16.2. The minimum absolute atomic E-state index is 0.0604. The molecule has 2 N–H and O–H groups in total. The van der Waals surface area contributed by atoms with Crippen LogP contribution < -0.4 is 10.6 Å². The average Bonchev–Trinajstić information content (AvgIpc) is 3.28. The molecule has 0 radical (unpaired) electrons. The number of amides is 4. The highest BCUT2D eigenvalue weighted by Crippen LogP contribution is 2.36. The van der Waals surface area contributed by atoms with Crippen LogP contribution in [0, 0.1) is 19.8 Å². The summed E-state index contributed by atoms with van der Waals surface area (Å²) in [5.74, 6) is -0.648. The fourth-order valence-corrected chi connectivity index (χ4v) is 6.59. The molecule has 244 valence electrons. The molecule has 2 aliphatic rings. The van der Waals surface area contributed by atoms with Gasteiger partial charge in [-0.3, -0.25) is 28.7 Å². The zero-order valence-electron chi connectivity index (χ0n) is 27.4. The molecule has 1 atom stereocenters. The lowest BCUT2D eigenvalue weighted by Gasteiger charge is -2.39. The third kappa shape index (κ3) is 7.99. The number of nitrogens with one attached hydrogen (secondary N) is 2. The fraction of sp³-hybridized carbons (Fsp3) is 0.588. The molecule has 4 amide bonds. The number of carbonyl (C=O) groups is 5. The van der Waals surface area contributed by atoms with Crippen molar-refractivity contribution in [3.05, 3.63) is 52.3 Å². The Labute approximate surface area is 266 Å². The predicted octanol–water partition coefficient (Wildman–Crippen LogP) is 3.05. The molecule has 2 aromatic rings. The highest BCUT2D eigenvalue weighted by atomic mass is 16.2. The van der Waals surface area contributed by atoms with E-state index in [2.05, 4.69) is 29.6 Å². The molecule has 2 heterocycles. The summed E-state index contributed by atoms with van der Waals surface area (Å²) >= 11 is 0. The van der Waals surface area contributed by atoms with E-state index in [9.17, 15) is 24.0 Å². The summed E-state index contributed by atoms with van der Waals surface area (Å²) in [6.45, 7) is 10.7. The maximum absolute atomic E-state index is 14.0. The Morgan fingerprint density at radius 3 is 2.49 bits per heavy atom. The van der Waals surface area contributed by atoms with Crippen LogP contribution in [0.3, 0.4) is 0 Å². The van der Waals surface area contributed by atoms with Crippen LogP contribution in [0.5, 0.6) is 0 Å². The van der Waals surface area contributed by atoms with E-state index < -0.39 is 5.54 Å². The molecule has 1 aromatic carbocycles. The molecule has 11 nitrogen and oxygen atoms in total. The zero-order valence-corrected chi connectivity index (χ0v) is 27.4. The van der Waals surface area contributed by atoms with Gasteiger partial charge in [0.2, 0.25) is 17.7 Å². The van der Waals surface area contributed by atoms with Crippen LogP contribution in [-0.2, 0) is 37.7 Å². The Morgan fingerprint density at radius 1 is 1.02 bits per heavy atom. The SMILES string of the molecule is CC(=O)c1c(C)nn(CCC(=O)N2CCCC(=O)N(CCC(C)C)CC(=O)NC3(CCCc4ccccc43)C(=O)NCC2)c1C. The summed E-state index contributed by atoms with van der Waals surface area (Å²) in [5.41, 5.74) is 2.47. The average molecular weight is 621 g/mol. The summed E-state index contributed by atoms with van der Waals surface area (Å²) in [6.07, 6.45) is 3.52. The quantitative estimate of drug-likeness (QED) is 0.457. The number of fused-ring (bicyclic) bond motifs is 2. The second kappa shape index (κ2) is 14.8. The van der Waals surface area contributed by atoms with Crippen LogP contribution in [-0.4, -0.2) is 81.7 Å². The number of benzene rings is 1. The lowest BCUT2D eigenvalue weighted by atomic mass is 9.75. The number of hydrogen-bond donors (Lipinski definition) is 2.